The minimum Gasteiger partial charge on any atom is -0.492 e. The van der Waals surface area contributed by atoms with E-state index in [1.54, 1.807) is 11.3 Å². The Balaban J connectivity index is 1.38. The molecule has 1 aromatic heterocycles. The molecule has 2 heterocycles. The highest BCUT2D eigenvalue weighted by Crippen LogP contribution is 2.11. The molecule has 0 radical (unpaired) electrons. The maximum atomic E-state index is 5.81. The van der Waals surface area contributed by atoms with E-state index in [2.05, 4.69) is 37.4 Å². The Kier molecular flexibility index (Phi) is 7.47. The fourth-order valence-corrected chi connectivity index (χ4v) is 3.83. The molecular formula is C20H29N5OS. The second kappa shape index (κ2) is 10.3. The van der Waals surface area contributed by atoms with Crippen LogP contribution in [0.5, 0.6) is 5.75 Å². The minimum absolute atomic E-state index is 0.723. The first-order valence-corrected chi connectivity index (χ1v) is 10.5. The number of hydrogen-bond acceptors (Lipinski definition) is 5. The Bertz CT molecular complexity index is 710. The number of nitrogens with zero attached hydrogens (tertiary/aromatic N) is 4. The van der Waals surface area contributed by atoms with E-state index in [-0.39, 0.29) is 0 Å². The summed E-state index contributed by atoms with van der Waals surface area (Å²) >= 11 is 1.73. The van der Waals surface area contributed by atoms with E-state index in [1.165, 1.54) is 5.01 Å². The van der Waals surface area contributed by atoms with Gasteiger partial charge in [-0.15, -0.1) is 11.3 Å². The third-order valence-electron chi connectivity index (χ3n) is 4.63. The first kappa shape index (κ1) is 19.6. The minimum atomic E-state index is 0.723. The van der Waals surface area contributed by atoms with Gasteiger partial charge in [-0.1, -0.05) is 25.1 Å². The summed E-state index contributed by atoms with van der Waals surface area (Å²) in [6.45, 7) is 8.54. The zero-order valence-electron chi connectivity index (χ0n) is 16.2. The first-order chi connectivity index (χ1) is 13.3. The van der Waals surface area contributed by atoms with E-state index in [0.29, 0.717) is 0 Å². The Hall–Kier alpha value is -2.12. The third kappa shape index (κ3) is 5.94. The number of piperazine rings is 1. The average molecular weight is 388 g/mol. The molecule has 1 aliphatic rings. The van der Waals surface area contributed by atoms with Crippen molar-refractivity contribution in [3.05, 3.63) is 46.4 Å². The van der Waals surface area contributed by atoms with Crippen molar-refractivity contribution in [2.75, 3.05) is 46.4 Å². The van der Waals surface area contributed by atoms with Gasteiger partial charge in [-0.25, -0.2) is 4.98 Å². The van der Waals surface area contributed by atoms with Crippen LogP contribution in [-0.4, -0.2) is 67.1 Å². The summed E-state index contributed by atoms with van der Waals surface area (Å²) in [5.74, 6) is 1.90. The lowest BCUT2D eigenvalue weighted by atomic mass is 10.3. The second-order valence-electron chi connectivity index (χ2n) is 6.48. The molecule has 0 unspecified atom stereocenters. The molecule has 1 saturated heterocycles. The van der Waals surface area contributed by atoms with E-state index in [1.807, 2.05) is 37.4 Å². The molecule has 0 aliphatic carbocycles. The number of para-hydroxylation sites is 1. The molecule has 0 amide bonds. The number of aliphatic imine (C=N–C) groups is 1. The van der Waals surface area contributed by atoms with Crippen LogP contribution in [0.2, 0.25) is 0 Å². The molecular weight excluding hydrogens is 358 g/mol. The SMILES string of the molecule is CCc1nc(CNC(=NC)N2CCN(CCOc3ccccc3)CC2)cs1. The van der Waals surface area contributed by atoms with Crippen LogP contribution >= 0.6 is 11.3 Å². The van der Waals surface area contributed by atoms with E-state index in [9.17, 15) is 0 Å². The number of thiazole rings is 1. The maximum absolute atomic E-state index is 5.81. The fraction of sp³-hybridized carbons (Fsp3) is 0.500. The van der Waals surface area contributed by atoms with Gasteiger partial charge in [0, 0.05) is 45.2 Å². The van der Waals surface area contributed by atoms with Gasteiger partial charge in [0.2, 0.25) is 0 Å². The average Bonchev–Trinajstić information content (AvgIpc) is 3.18. The van der Waals surface area contributed by atoms with Crippen LogP contribution in [0.25, 0.3) is 0 Å². The molecule has 27 heavy (non-hydrogen) atoms. The number of aryl methyl sites for hydroxylation is 1. The largest absolute Gasteiger partial charge is 0.492 e. The van der Waals surface area contributed by atoms with Crippen LogP contribution in [0.15, 0.2) is 40.7 Å². The smallest absolute Gasteiger partial charge is 0.194 e. The standard InChI is InChI=1S/C20H29N5OS/c1-3-19-23-17(16-27-19)15-22-20(21-2)25-11-9-24(10-12-25)13-14-26-18-7-5-4-6-8-18/h4-8,16H,3,9-15H2,1-2H3,(H,21,22). The van der Waals surface area contributed by atoms with Gasteiger partial charge in [-0.05, 0) is 18.6 Å². The van der Waals surface area contributed by atoms with Crippen molar-refractivity contribution in [2.24, 2.45) is 4.99 Å². The van der Waals surface area contributed by atoms with E-state index in [4.69, 9.17) is 4.74 Å². The van der Waals surface area contributed by atoms with Gasteiger partial charge < -0.3 is 15.0 Å². The molecule has 0 spiro atoms. The topological polar surface area (TPSA) is 53.0 Å². The van der Waals surface area contributed by atoms with Crippen molar-refractivity contribution in [3.63, 3.8) is 0 Å². The number of nitrogens with one attached hydrogen (secondary N) is 1. The second-order valence-corrected chi connectivity index (χ2v) is 7.42. The lowest BCUT2D eigenvalue weighted by Gasteiger charge is -2.36. The van der Waals surface area contributed by atoms with Gasteiger partial charge in [-0.2, -0.15) is 0 Å². The molecule has 3 rings (SSSR count). The molecule has 6 nitrogen and oxygen atoms in total. The van der Waals surface area contributed by atoms with Gasteiger partial charge in [-0.3, -0.25) is 9.89 Å². The molecule has 1 N–H and O–H groups in total. The van der Waals surface area contributed by atoms with E-state index >= 15 is 0 Å². The highest BCUT2D eigenvalue weighted by Gasteiger charge is 2.19. The molecule has 146 valence electrons. The number of rotatable bonds is 7. The van der Waals surface area contributed by atoms with Gasteiger partial charge >= 0.3 is 0 Å². The van der Waals surface area contributed by atoms with Gasteiger partial charge in [0.1, 0.15) is 12.4 Å². The lowest BCUT2D eigenvalue weighted by molar-refractivity contribution is 0.152. The van der Waals surface area contributed by atoms with Crippen molar-refractivity contribution >= 4 is 17.3 Å². The Morgan fingerprint density at radius 2 is 2.00 bits per heavy atom. The summed E-state index contributed by atoms with van der Waals surface area (Å²) < 4.78 is 5.81. The normalized spacial score (nSPS) is 15.8. The summed E-state index contributed by atoms with van der Waals surface area (Å²) in [6.07, 6.45) is 0.995. The number of hydrogen-bond donors (Lipinski definition) is 1. The fourth-order valence-electron chi connectivity index (χ4n) is 3.09. The molecule has 7 heteroatoms. The van der Waals surface area contributed by atoms with Crippen LogP contribution < -0.4 is 10.1 Å². The molecule has 1 aromatic carbocycles. The Labute approximate surface area is 165 Å². The van der Waals surface area contributed by atoms with Crippen LogP contribution in [0, 0.1) is 0 Å². The Morgan fingerprint density at radius 1 is 1.22 bits per heavy atom. The predicted molar refractivity (Wildman–Crippen MR) is 112 cm³/mol. The third-order valence-corrected chi connectivity index (χ3v) is 5.67. The Morgan fingerprint density at radius 3 is 2.67 bits per heavy atom. The molecule has 0 bridgehead atoms. The van der Waals surface area contributed by atoms with Crippen molar-refractivity contribution in [3.8, 4) is 5.75 Å². The highest BCUT2D eigenvalue weighted by atomic mass is 32.1. The monoisotopic (exact) mass is 387 g/mol. The van der Waals surface area contributed by atoms with E-state index < -0.39 is 0 Å². The van der Waals surface area contributed by atoms with Crippen molar-refractivity contribution in [1.82, 2.24) is 20.1 Å². The summed E-state index contributed by atoms with van der Waals surface area (Å²) in [7, 11) is 1.85. The van der Waals surface area contributed by atoms with Crippen molar-refractivity contribution in [2.45, 2.75) is 19.9 Å². The zero-order chi connectivity index (χ0) is 18.9. The lowest BCUT2D eigenvalue weighted by Crippen LogP contribution is -2.52. The molecule has 0 atom stereocenters. The number of ether oxygens (including phenoxy) is 1. The van der Waals surface area contributed by atoms with Crippen LogP contribution in [0.4, 0.5) is 0 Å². The first-order valence-electron chi connectivity index (χ1n) is 9.57. The van der Waals surface area contributed by atoms with Crippen molar-refractivity contribution < 1.29 is 4.74 Å². The number of aromatic nitrogens is 1. The number of benzene rings is 1. The molecule has 2 aromatic rings. The van der Waals surface area contributed by atoms with Crippen molar-refractivity contribution in [1.29, 1.82) is 0 Å². The molecule has 1 fully saturated rings. The summed E-state index contributed by atoms with van der Waals surface area (Å²) in [5.41, 5.74) is 1.09. The van der Waals surface area contributed by atoms with E-state index in [0.717, 1.165) is 69.7 Å². The summed E-state index contributed by atoms with van der Waals surface area (Å²) in [5, 5.41) is 6.77. The predicted octanol–water partition coefficient (Wildman–Crippen LogP) is 2.48. The van der Waals surface area contributed by atoms with Gasteiger partial charge in [0.25, 0.3) is 0 Å². The molecule has 0 saturated carbocycles. The molecule has 1 aliphatic heterocycles. The van der Waals surface area contributed by atoms with Gasteiger partial charge in [0.15, 0.2) is 5.96 Å². The van der Waals surface area contributed by atoms with Gasteiger partial charge in [0.05, 0.1) is 17.2 Å². The highest BCUT2D eigenvalue weighted by molar-refractivity contribution is 7.09. The zero-order valence-corrected chi connectivity index (χ0v) is 17.0. The van der Waals surface area contributed by atoms with Crippen LogP contribution in [0.3, 0.4) is 0 Å². The number of guanidine groups is 1. The maximum Gasteiger partial charge on any atom is 0.194 e. The summed E-state index contributed by atoms with van der Waals surface area (Å²) in [6, 6.07) is 10.0. The van der Waals surface area contributed by atoms with Crippen LogP contribution in [0.1, 0.15) is 17.6 Å². The summed E-state index contributed by atoms with van der Waals surface area (Å²) in [4.78, 5) is 13.8. The van der Waals surface area contributed by atoms with Crippen LogP contribution in [-0.2, 0) is 13.0 Å². The quantitative estimate of drug-likeness (QED) is 0.584.